The van der Waals surface area contributed by atoms with Gasteiger partial charge in [-0.3, -0.25) is 0 Å². The lowest BCUT2D eigenvalue weighted by Gasteiger charge is -2.15. The van der Waals surface area contributed by atoms with Gasteiger partial charge >= 0.3 is 5.97 Å². The summed E-state index contributed by atoms with van der Waals surface area (Å²) in [7, 11) is 0. The van der Waals surface area contributed by atoms with E-state index in [1.807, 2.05) is 32.0 Å². The van der Waals surface area contributed by atoms with Gasteiger partial charge in [0.1, 0.15) is 12.4 Å². The van der Waals surface area contributed by atoms with Crippen LogP contribution in [0.4, 0.5) is 10.1 Å². The van der Waals surface area contributed by atoms with E-state index in [0.717, 1.165) is 16.8 Å². The zero-order valence-corrected chi connectivity index (χ0v) is 18.0. The van der Waals surface area contributed by atoms with Crippen molar-refractivity contribution in [1.29, 1.82) is 0 Å². The lowest BCUT2D eigenvalue weighted by atomic mass is 10.1. The highest BCUT2D eigenvalue weighted by atomic mass is 35.5. The number of halogens is 2. The molecule has 0 saturated heterocycles. The van der Waals surface area contributed by atoms with E-state index in [2.05, 4.69) is 5.32 Å². The zero-order valence-electron chi connectivity index (χ0n) is 17.2. The Bertz CT molecular complexity index is 1090. The molecule has 0 heterocycles. The molecule has 0 atom stereocenters. The lowest BCUT2D eigenvalue weighted by molar-refractivity contribution is 0.0697. The topological polar surface area (TPSA) is 67.8 Å². The Kier molecular flexibility index (Phi) is 7.36. The Labute approximate surface area is 185 Å². The highest BCUT2D eigenvalue weighted by Gasteiger charge is 2.10. The van der Waals surface area contributed by atoms with Crippen molar-refractivity contribution < 1.29 is 23.8 Å². The first-order valence-corrected chi connectivity index (χ1v) is 10.2. The summed E-state index contributed by atoms with van der Waals surface area (Å²) in [6.07, 6.45) is 0. The molecular weight excluding hydrogens is 421 g/mol. The van der Waals surface area contributed by atoms with Crippen molar-refractivity contribution in [3.05, 3.63) is 87.7 Å². The van der Waals surface area contributed by atoms with Crippen molar-refractivity contribution in [2.45, 2.75) is 27.0 Å². The number of rotatable bonds is 9. The summed E-state index contributed by atoms with van der Waals surface area (Å²) in [5.41, 5.74) is 3.61. The molecule has 3 rings (SSSR count). The normalized spacial score (nSPS) is 10.6. The van der Waals surface area contributed by atoms with E-state index in [1.165, 1.54) is 12.1 Å². The molecular formula is C24H23ClFNO4. The maximum absolute atomic E-state index is 13.2. The van der Waals surface area contributed by atoms with Crippen molar-refractivity contribution >= 4 is 23.3 Å². The van der Waals surface area contributed by atoms with Crippen LogP contribution in [0.15, 0.2) is 54.6 Å². The maximum atomic E-state index is 13.2. The van der Waals surface area contributed by atoms with Crippen LogP contribution in [0.1, 0.15) is 34.0 Å². The van der Waals surface area contributed by atoms with Crippen LogP contribution < -0.4 is 14.8 Å². The van der Waals surface area contributed by atoms with E-state index in [0.29, 0.717) is 35.2 Å². The molecule has 0 spiro atoms. The van der Waals surface area contributed by atoms with E-state index in [4.69, 9.17) is 26.2 Å². The number of aryl methyl sites for hydroxylation is 1. The van der Waals surface area contributed by atoms with E-state index >= 15 is 0 Å². The summed E-state index contributed by atoms with van der Waals surface area (Å²) in [5.74, 6) is -0.187. The molecule has 0 amide bonds. The van der Waals surface area contributed by atoms with Gasteiger partial charge in [-0.15, -0.1) is 0 Å². The van der Waals surface area contributed by atoms with Gasteiger partial charge in [0.15, 0.2) is 11.5 Å². The second kappa shape index (κ2) is 10.2. The van der Waals surface area contributed by atoms with Crippen LogP contribution in [0.2, 0.25) is 5.02 Å². The number of ether oxygens (including phenoxy) is 2. The van der Waals surface area contributed by atoms with Crippen LogP contribution in [0, 0.1) is 12.7 Å². The van der Waals surface area contributed by atoms with Crippen molar-refractivity contribution in [2.75, 3.05) is 11.9 Å². The number of carbonyl (C=O) groups is 1. The molecule has 0 saturated carbocycles. The summed E-state index contributed by atoms with van der Waals surface area (Å²) < 4.78 is 24.8. The highest BCUT2D eigenvalue weighted by molar-refractivity contribution is 6.31. The summed E-state index contributed by atoms with van der Waals surface area (Å²) in [4.78, 5) is 11.1. The maximum Gasteiger partial charge on any atom is 0.335 e. The largest absolute Gasteiger partial charge is 0.490 e. The van der Waals surface area contributed by atoms with Crippen LogP contribution in [-0.4, -0.2) is 17.7 Å². The Hall–Kier alpha value is -3.25. The molecule has 3 aromatic rings. The first-order chi connectivity index (χ1) is 14.9. The molecule has 0 aliphatic heterocycles. The van der Waals surface area contributed by atoms with Gasteiger partial charge in [-0.05, 0) is 67.4 Å². The third kappa shape index (κ3) is 5.89. The number of nitrogens with one attached hydrogen (secondary N) is 1. The number of carboxylic acids is 1. The van der Waals surface area contributed by atoms with Crippen LogP contribution in [0.5, 0.6) is 11.5 Å². The molecule has 0 fully saturated rings. The fourth-order valence-electron chi connectivity index (χ4n) is 3.04. The number of hydrogen-bond donors (Lipinski definition) is 2. The van der Waals surface area contributed by atoms with E-state index < -0.39 is 11.8 Å². The SMILES string of the molecule is CCOc1cc(CNc2ccc(C(=O)O)cc2C)ccc1OCc1ccc(F)cc1Cl. The highest BCUT2D eigenvalue weighted by Crippen LogP contribution is 2.30. The number of hydrogen-bond acceptors (Lipinski definition) is 4. The van der Waals surface area contributed by atoms with Crippen LogP contribution in [0.25, 0.3) is 0 Å². The minimum absolute atomic E-state index is 0.186. The molecule has 0 aromatic heterocycles. The molecule has 3 aromatic carbocycles. The fourth-order valence-corrected chi connectivity index (χ4v) is 3.26. The Morgan fingerprint density at radius 2 is 1.87 bits per heavy atom. The van der Waals surface area contributed by atoms with Gasteiger partial charge in [0.05, 0.1) is 17.2 Å². The first kappa shape index (κ1) is 22.4. The molecule has 0 aliphatic carbocycles. The van der Waals surface area contributed by atoms with Gasteiger partial charge in [-0.1, -0.05) is 23.7 Å². The fraction of sp³-hybridized carbons (Fsp3) is 0.208. The van der Waals surface area contributed by atoms with Gasteiger partial charge in [0.25, 0.3) is 0 Å². The predicted octanol–water partition coefficient (Wildman–Crippen LogP) is 6.08. The van der Waals surface area contributed by atoms with Gasteiger partial charge < -0.3 is 19.9 Å². The summed E-state index contributed by atoms with van der Waals surface area (Å²) >= 11 is 6.07. The predicted molar refractivity (Wildman–Crippen MR) is 119 cm³/mol. The van der Waals surface area contributed by atoms with Crippen molar-refractivity contribution in [2.24, 2.45) is 0 Å². The minimum atomic E-state index is -0.950. The van der Waals surface area contributed by atoms with Crippen molar-refractivity contribution in [3.63, 3.8) is 0 Å². The Morgan fingerprint density at radius 1 is 1.06 bits per heavy atom. The molecule has 162 valence electrons. The Balaban J connectivity index is 1.70. The van der Waals surface area contributed by atoms with E-state index in [1.54, 1.807) is 24.3 Å². The molecule has 0 radical (unpaired) electrons. The molecule has 0 aliphatic rings. The standard InChI is InChI=1S/C24H23ClFNO4/c1-3-30-23-11-16(13-27-21-8-6-17(24(28)29)10-15(21)2)4-9-22(23)31-14-18-5-7-19(26)12-20(18)25/h4-12,27H,3,13-14H2,1-2H3,(H,28,29). The van der Waals surface area contributed by atoms with Gasteiger partial charge in [-0.2, -0.15) is 0 Å². The van der Waals surface area contributed by atoms with Gasteiger partial charge in [-0.25, -0.2) is 9.18 Å². The molecule has 2 N–H and O–H groups in total. The van der Waals surface area contributed by atoms with Crippen molar-refractivity contribution in [1.82, 2.24) is 0 Å². The summed E-state index contributed by atoms with van der Waals surface area (Å²) in [6.45, 7) is 4.93. The smallest absolute Gasteiger partial charge is 0.335 e. The van der Waals surface area contributed by atoms with Crippen LogP contribution in [-0.2, 0) is 13.2 Å². The minimum Gasteiger partial charge on any atom is -0.490 e. The molecule has 31 heavy (non-hydrogen) atoms. The van der Waals surface area contributed by atoms with Crippen molar-refractivity contribution in [3.8, 4) is 11.5 Å². The third-order valence-electron chi connectivity index (χ3n) is 4.66. The quantitative estimate of drug-likeness (QED) is 0.419. The molecule has 7 heteroatoms. The molecule has 5 nitrogen and oxygen atoms in total. The second-order valence-electron chi connectivity index (χ2n) is 6.93. The number of aromatic carboxylic acids is 1. The van der Waals surface area contributed by atoms with Crippen LogP contribution in [0.3, 0.4) is 0 Å². The lowest BCUT2D eigenvalue weighted by Crippen LogP contribution is -2.05. The van der Waals surface area contributed by atoms with Crippen LogP contribution >= 0.6 is 11.6 Å². The summed E-state index contributed by atoms with van der Waals surface area (Å²) in [5, 5.41) is 12.7. The van der Waals surface area contributed by atoms with E-state index in [-0.39, 0.29) is 12.2 Å². The summed E-state index contributed by atoms with van der Waals surface area (Å²) in [6, 6.07) is 14.8. The van der Waals surface area contributed by atoms with E-state index in [9.17, 15) is 9.18 Å². The average Bonchev–Trinajstić information content (AvgIpc) is 2.73. The number of anilines is 1. The average molecular weight is 444 g/mol. The Morgan fingerprint density at radius 3 is 2.55 bits per heavy atom. The zero-order chi connectivity index (χ0) is 22.4. The number of benzene rings is 3. The molecule has 0 unspecified atom stereocenters. The van der Waals surface area contributed by atoms with Gasteiger partial charge in [0, 0.05) is 17.8 Å². The monoisotopic (exact) mass is 443 g/mol. The van der Waals surface area contributed by atoms with Gasteiger partial charge in [0.2, 0.25) is 0 Å². The number of carboxylic acid groups (broad SMARTS) is 1. The third-order valence-corrected chi connectivity index (χ3v) is 5.01. The molecule has 0 bridgehead atoms. The first-order valence-electron chi connectivity index (χ1n) is 9.77. The second-order valence-corrected chi connectivity index (χ2v) is 7.33.